The van der Waals surface area contributed by atoms with E-state index in [0.29, 0.717) is 5.56 Å². The highest BCUT2D eigenvalue weighted by Crippen LogP contribution is 2.26. The second kappa shape index (κ2) is 6.00. The van der Waals surface area contributed by atoms with E-state index < -0.39 is 10.8 Å². The monoisotopic (exact) mass is 289 g/mol. The molecule has 0 radical (unpaired) electrons. The van der Waals surface area contributed by atoms with Crippen molar-refractivity contribution in [2.75, 3.05) is 5.32 Å². The fourth-order valence-electron chi connectivity index (χ4n) is 1.83. The highest BCUT2D eigenvalue weighted by molar-refractivity contribution is 5.94. The number of hydrogen-bond donors (Lipinski definition) is 2. The van der Waals surface area contributed by atoms with Gasteiger partial charge >= 0.3 is 0 Å². The van der Waals surface area contributed by atoms with Crippen LogP contribution in [0.2, 0.25) is 0 Å². The number of anilines is 1. The maximum atomic E-state index is 13.1. The maximum Gasteiger partial charge on any atom is 0.293 e. The van der Waals surface area contributed by atoms with Gasteiger partial charge in [-0.3, -0.25) is 14.9 Å². The molecule has 0 spiro atoms. The smallest absolute Gasteiger partial charge is 0.293 e. The molecule has 1 amide bonds. The molecule has 2 aromatic rings. The number of carbonyl (C=O) groups is 1. The Labute approximate surface area is 119 Å². The van der Waals surface area contributed by atoms with E-state index in [1.165, 1.54) is 24.3 Å². The number of nitrogens with one attached hydrogen (secondary N) is 1. The summed E-state index contributed by atoms with van der Waals surface area (Å²) in [5.41, 5.74) is 5.76. The molecule has 0 fully saturated rings. The molecule has 108 valence electrons. The van der Waals surface area contributed by atoms with Gasteiger partial charge in [0, 0.05) is 18.2 Å². The zero-order chi connectivity index (χ0) is 15.4. The summed E-state index contributed by atoms with van der Waals surface area (Å²) in [6, 6.07) is 9.79. The van der Waals surface area contributed by atoms with Crippen LogP contribution in [0.15, 0.2) is 42.5 Å². The topological polar surface area (TPSA) is 98.3 Å². The van der Waals surface area contributed by atoms with E-state index in [1.807, 2.05) is 0 Å². The van der Waals surface area contributed by atoms with Gasteiger partial charge in [0.25, 0.3) is 5.69 Å². The number of amides is 1. The Bertz CT molecular complexity index is 704. The Morgan fingerprint density at radius 2 is 2.05 bits per heavy atom. The second-order valence-electron chi connectivity index (χ2n) is 4.34. The lowest BCUT2D eigenvalue weighted by Crippen LogP contribution is -2.12. The van der Waals surface area contributed by atoms with Crippen LogP contribution in [0.25, 0.3) is 0 Å². The minimum Gasteiger partial charge on any atom is -0.375 e. The number of rotatable bonds is 5. The average Bonchev–Trinajstić information content (AvgIpc) is 2.44. The summed E-state index contributed by atoms with van der Waals surface area (Å²) in [4.78, 5) is 21.4. The van der Waals surface area contributed by atoms with Crippen molar-refractivity contribution in [3.05, 3.63) is 69.5 Å². The largest absolute Gasteiger partial charge is 0.375 e. The number of nitro groups is 1. The summed E-state index contributed by atoms with van der Waals surface area (Å²) in [6.07, 6.45) is 0. The normalized spacial score (nSPS) is 10.1. The maximum absolute atomic E-state index is 13.1. The first-order valence-corrected chi connectivity index (χ1v) is 6.04. The van der Waals surface area contributed by atoms with E-state index in [0.717, 1.165) is 6.07 Å². The van der Waals surface area contributed by atoms with Crippen LogP contribution in [-0.4, -0.2) is 10.8 Å². The SMILES string of the molecule is NC(=O)c1ccc(NCc2cccc(F)c2)c([N+](=O)[O-])c1. The quantitative estimate of drug-likeness (QED) is 0.652. The number of halogens is 1. The average molecular weight is 289 g/mol. The molecule has 0 unspecified atom stereocenters. The molecule has 21 heavy (non-hydrogen) atoms. The van der Waals surface area contributed by atoms with Crippen molar-refractivity contribution in [2.24, 2.45) is 5.73 Å². The van der Waals surface area contributed by atoms with Gasteiger partial charge < -0.3 is 11.1 Å². The number of hydrogen-bond acceptors (Lipinski definition) is 4. The number of nitro benzene ring substituents is 1. The summed E-state index contributed by atoms with van der Waals surface area (Å²) in [7, 11) is 0. The minimum absolute atomic E-state index is 0.0537. The lowest BCUT2D eigenvalue weighted by molar-refractivity contribution is -0.384. The van der Waals surface area contributed by atoms with Crippen molar-refractivity contribution in [1.29, 1.82) is 0 Å². The molecule has 3 N–H and O–H groups in total. The highest BCUT2D eigenvalue weighted by Gasteiger charge is 2.16. The molecule has 0 aromatic heterocycles. The first kappa shape index (κ1) is 14.4. The van der Waals surface area contributed by atoms with Crippen molar-refractivity contribution < 1.29 is 14.1 Å². The fraction of sp³-hybridized carbons (Fsp3) is 0.0714. The third kappa shape index (κ3) is 3.53. The molecule has 2 aromatic carbocycles. The molecule has 6 nitrogen and oxygen atoms in total. The Balaban J connectivity index is 2.23. The van der Waals surface area contributed by atoms with Crippen LogP contribution in [0.3, 0.4) is 0 Å². The van der Waals surface area contributed by atoms with Crippen LogP contribution in [0.5, 0.6) is 0 Å². The van der Waals surface area contributed by atoms with Gasteiger partial charge in [-0.05, 0) is 29.8 Å². The molecule has 0 saturated carbocycles. The molecule has 0 saturated heterocycles. The molecule has 2 rings (SSSR count). The molecule has 0 aliphatic carbocycles. The van der Waals surface area contributed by atoms with Gasteiger partial charge in [0.1, 0.15) is 11.5 Å². The first-order valence-electron chi connectivity index (χ1n) is 6.04. The van der Waals surface area contributed by atoms with Gasteiger partial charge in [-0.1, -0.05) is 12.1 Å². The summed E-state index contributed by atoms with van der Waals surface area (Å²) in [5, 5.41) is 13.9. The molecular weight excluding hydrogens is 277 g/mol. The molecule has 0 aliphatic rings. The number of primary amides is 1. The van der Waals surface area contributed by atoms with Crippen LogP contribution in [-0.2, 0) is 6.54 Å². The van der Waals surface area contributed by atoms with Crippen molar-refractivity contribution in [3.8, 4) is 0 Å². The standard InChI is InChI=1S/C14H12FN3O3/c15-11-3-1-2-9(6-11)8-17-12-5-4-10(14(16)19)7-13(12)18(20)21/h1-7,17H,8H2,(H2,16,19). The number of nitrogens with zero attached hydrogens (tertiary/aromatic N) is 1. The van der Waals surface area contributed by atoms with Crippen molar-refractivity contribution in [3.63, 3.8) is 0 Å². The summed E-state index contributed by atoms with van der Waals surface area (Å²) >= 11 is 0. The van der Waals surface area contributed by atoms with Gasteiger partial charge in [0.05, 0.1) is 4.92 Å². The Hall–Kier alpha value is -2.96. The van der Waals surface area contributed by atoms with Crippen molar-refractivity contribution >= 4 is 17.3 Å². The van der Waals surface area contributed by atoms with E-state index in [-0.39, 0.29) is 29.3 Å². The first-order chi connectivity index (χ1) is 9.97. The zero-order valence-corrected chi connectivity index (χ0v) is 10.9. The van der Waals surface area contributed by atoms with Crippen LogP contribution in [0, 0.1) is 15.9 Å². The lowest BCUT2D eigenvalue weighted by atomic mass is 10.1. The third-order valence-electron chi connectivity index (χ3n) is 2.85. The number of nitrogens with two attached hydrogens (primary N) is 1. The van der Waals surface area contributed by atoms with Gasteiger partial charge in [-0.25, -0.2) is 4.39 Å². The fourth-order valence-corrected chi connectivity index (χ4v) is 1.83. The van der Waals surface area contributed by atoms with Crippen LogP contribution >= 0.6 is 0 Å². The van der Waals surface area contributed by atoms with Crippen molar-refractivity contribution in [2.45, 2.75) is 6.54 Å². The van der Waals surface area contributed by atoms with E-state index >= 15 is 0 Å². The van der Waals surface area contributed by atoms with E-state index in [2.05, 4.69) is 5.32 Å². The summed E-state index contributed by atoms with van der Waals surface area (Å²) in [5.74, 6) is -1.12. The molecule has 0 heterocycles. The Morgan fingerprint density at radius 1 is 1.29 bits per heavy atom. The highest BCUT2D eigenvalue weighted by atomic mass is 19.1. The predicted octanol–water partition coefficient (Wildman–Crippen LogP) is 2.44. The number of benzene rings is 2. The third-order valence-corrected chi connectivity index (χ3v) is 2.85. The van der Waals surface area contributed by atoms with Gasteiger partial charge in [0.2, 0.25) is 5.91 Å². The molecule has 7 heteroatoms. The Morgan fingerprint density at radius 3 is 2.67 bits per heavy atom. The lowest BCUT2D eigenvalue weighted by Gasteiger charge is -2.08. The molecular formula is C14H12FN3O3. The van der Waals surface area contributed by atoms with Gasteiger partial charge in [0.15, 0.2) is 0 Å². The van der Waals surface area contributed by atoms with Crippen molar-refractivity contribution in [1.82, 2.24) is 0 Å². The Kier molecular flexibility index (Phi) is 4.13. The van der Waals surface area contributed by atoms with E-state index in [9.17, 15) is 19.3 Å². The van der Waals surface area contributed by atoms with E-state index in [1.54, 1.807) is 12.1 Å². The van der Waals surface area contributed by atoms with E-state index in [4.69, 9.17) is 5.73 Å². The molecule has 0 atom stereocenters. The molecule has 0 aliphatic heterocycles. The van der Waals surface area contributed by atoms with Crippen LogP contribution < -0.4 is 11.1 Å². The van der Waals surface area contributed by atoms with Gasteiger partial charge in [-0.2, -0.15) is 0 Å². The van der Waals surface area contributed by atoms with Gasteiger partial charge in [-0.15, -0.1) is 0 Å². The van der Waals surface area contributed by atoms with Crippen LogP contribution in [0.1, 0.15) is 15.9 Å². The minimum atomic E-state index is -0.741. The van der Waals surface area contributed by atoms with Crippen LogP contribution in [0.4, 0.5) is 15.8 Å². The number of carbonyl (C=O) groups excluding carboxylic acids is 1. The summed E-state index contributed by atoms with van der Waals surface area (Å²) < 4.78 is 13.1. The predicted molar refractivity (Wildman–Crippen MR) is 75.3 cm³/mol. The summed E-state index contributed by atoms with van der Waals surface area (Å²) in [6.45, 7) is 0.217. The zero-order valence-electron chi connectivity index (χ0n) is 10.9. The molecule has 0 bridgehead atoms. The second-order valence-corrected chi connectivity index (χ2v) is 4.34.